The molecule has 0 fully saturated rings. The monoisotopic (exact) mass is 278 g/mol. The molecule has 0 aromatic heterocycles. The Balaban J connectivity index is 2.24. The highest BCUT2D eigenvalue weighted by Gasteiger charge is 2.10. The summed E-state index contributed by atoms with van der Waals surface area (Å²) in [6.07, 6.45) is 0. The first kappa shape index (κ1) is 13.7. The van der Waals surface area contributed by atoms with Crippen LogP contribution < -0.4 is 10.6 Å². The van der Waals surface area contributed by atoms with Crippen LogP contribution >= 0.6 is 11.6 Å². The second kappa shape index (κ2) is 5.93. The van der Waals surface area contributed by atoms with E-state index in [1.807, 2.05) is 30.0 Å². The summed E-state index contributed by atoms with van der Waals surface area (Å²) in [5, 5.41) is 0.530. The van der Waals surface area contributed by atoms with Crippen LogP contribution in [0.25, 0.3) is 0 Å². The lowest BCUT2D eigenvalue weighted by Gasteiger charge is -2.23. The van der Waals surface area contributed by atoms with Gasteiger partial charge in [0.1, 0.15) is 5.82 Å². The number of hydrogen-bond acceptors (Lipinski definition) is 2. The standard InChI is InChI=1S/C15H16ClFN2/c1-2-19(15-6-4-3-5-13(15)17)10-11-7-8-14(18)12(16)9-11/h3-9H,2,10,18H2,1H3. The molecule has 2 N–H and O–H groups in total. The summed E-state index contributed by atoms with van der Waals surface area (Å²) in [7, 11) is 0. The molecule has 0 radical (unpaired) electrons. The zero-order valence-corrected chi connectivity index (χ0v) is 11.5. The molecular weight excluding hydrogens is 263 g/mol. The number of benzene rings is 2. The molecule has 4 heteroatoms. The van der Waals surface area contributed by atoms with Gasteiger partial charge in [-0.25, -0.2) is 4.39 Å². The van der Waals surface area contributed by atoms with E-state index < -0.39 is 0 Å². The van der Waals surface area contributed by atoms with E-state index in [-0.39, 0.29) is 5.82 Å². The second-order valence-electron chi connectivity index (χ2n) is 4.32. The smallest absolute Gasteiger partial charge is 0.146 e. The number of hydrogen-bond donors (Lipinski definition) is 1. The quantitative estimate of drug-likeness (QED) is 0.854. The predicted octanol–water partition coefficient (Wildman–Crippen LogP) is 4.09. The van der Waals surface area contributed by atoms with Gasteiger partial charge in [-0.1, -0.05) is 29.8 Å². The maximum atomic E-state index is 13.8. The Hall–Kier alpha value is -1.74. The number of nitrogens with two attached hydrogens (primary N) is 1. The van der Waals surface area contributed by atoms with Crippen molar-refractivity contribution in [2.24, 2.45) is 0 Å². The molecule has 2 aromatic carbocycles. The lowest BCUT2D eigenvalue weighted by atomic mass is 10.1. The van der Waals surface area contributed by atoms with E-state index >= 15 is 0 Å². The fourth-order valence-corrected chi connectivity index (χ4v) is 2.17. The van der Waals surface area contributed by atoms with Gasteiger partial charge in [0.15, 0.2) is 0 Å². The van der Waals surface area contributed by atoms with Crippen molar-refractivity contribution in [3.05, 3.63) is 58.9 Å². The van der Waals surface area contributed by atoms with E-state index in [4.69, 9.17) is 17.3 Å². The van der Waals surface area contributed by atoms with E-state index in [9.17, 15) is 4.39 Å². The lowest BCUT2D eigenvalue weighted by molar-refractivity contribution is 0.618. The van der Waals surface area contributed by atoms with Crippen LogP contribution in [-0.2, 0) is 6.54 Å². The number of para-hydroxylation sites is 1. The Kier molecular flexibility index (Phi) is 4.27. The maximum Gasteiger partial charge on any atom is 0.146 e. The summed E-state index contributed by atoms with van der Waals surface area (Å²) in [6.45, 7) is 3.30. The van der Waals surface area contributed by atoms with Crippen molar-refractivity contribution in [3.8, 4) is 0 Å². The van der Waals surface area contributed by atoms with E-state index in [0.717, 1.165) is 5.56 Å². The van der Waals surface area contributed by atoms with Crippen molar-refractivity contribution in [1.82, 2.24) is 0 Å². The van der Waals surface area contributed by atoms with Crippen LogP contribution in [0.2, 0.25) is 5.02 Å². The van der Waals surface area contributed by atoms with E-state index in [0.29, 0.717) is 29.5 Å². The van der Waals surface area contributed by atoms with E-state index in [1.54, 1.807) is 18.2 Å². The maximum absolute atomic E-state index is 13.8. The molecule has 0 aliphatic rings. The molecule has 0 aliphatic heterocycles. The van der Waals surface area contributed by atoms with Crippen molar-refractivity contribution in [3.63, 3.8) is 0 Å². The minimum absolute atomic E-state index is 0.217. The van der Waals surface area contributed by atoms with Gasteiger partial charge in [0, 0.05) is 13.1 Å². The summed E-state index contributed by atoms with van der Waals surface area (Å²) >= 11 is 6.00. The molecule has 0 atom stereocenters. The molecule has 19 heavy (non-hydrogen) atoms. The third-order valence-electron chi connectivity index (χ3n) is 3.01. The van der Waals surface area contributed by atoms with Gasteiger partial charge >= 0.3 is 0 Å². The van der Waals surface area contributed by atoms with Crippen LogP contribution in [0.3, 0.4) is 0 Å². The molecule has 2 rings (SSSR count). The molecule has 0 saturated heterocycles. The third kappa shape index (κ3) is 3.18. The molecule has 0 bridgehead atoms. The highest BCUT2D eigenvalue weighted by atomic mass is 35.5. The average Bonchev–Trinajstić information content (AvgIpc) is 2.41. The predicted molar refractivity (Wildman–Crippen MR) is 79.0 cm³/mol. The van der Waals surface area contributed by atoms with Crippen molar-refractivity contribution in [2.45, 2.75) is 13.5 Å². The van der Waals surface area contributed by atoms with Crippen molar-refractivity contribution < 1.29 is 4.39 Å². The topological polar surface area (TPSA) is 29.3 Å². The number of rotatable bonds is 4. The Bertz CT molecular complexity index is 572. The van der Waals surface area contributed by atoms with Crippen LogP contribution in [0.5, 0.6) is 0 Å². The lowest BCUT2D eigenvalue weighted by Crippen LogP contribution is -2.23. The molecule has 100 valence electrons. The number of nitrogens with zero attached hydrogens (tertiary/aromatic N) is 1. The number of halogens is 2. The molecule has 2 aromatic rings. The second-order valence-corrected chi connectivity index (χ2v) is 4.73. The summed E-state index contributed by atoms with van der Waals surface area (Å²) < 4.78 is 13.8. The highest BCUT2D eigenvalue weighted by Crippen LogP contribution is 2.24. The molecule has 0 saturated carbocycles. The normalized spacial score (nSPS) is 10.5. The summed E-state index contributed by atoms with van der Waals surface area (Å²) in [5.41, 5.74) is 7.84. The zero-order valence-electron chi connectivity index (χ0n) is 10.7. The zero-order chi connectivity index (χ0) is 13.8. The first-order valence-electron chi connectivity index (χ1n) is 6.15. The van der Waals surface area contributed by atoms with Crippen molar-refractivity contribution in [1.29, 1.82) is 0 Å². The van der Waals surface area contributed by atoms with Gasteiger partial charge < -0.3 is 10.6 Å². The summed E-state index contributed by atoms with van der Waals surface area (Å²) in [5.74, 6) is -0.217. The molecule has 0 spiro atoms. The Morgan fingerprint density at radius 1 is 1.21 bits per heavy atom. The van der Waals surface area contributed by atoms with Gasteiger partial charge in [-0.2, -0.15) is 0 Å². The largest absolute Gasteiger partial charge is 0.398 e. The Labute approximate surface area is 117 Å². The van der Waals surface area contributed by atoms with E-state index in [1.165, 1.54) is 6.07 Å². The van der Waals surface area contributed by atoms with Gasteiger partial charge in [0.05, 0.1) is 16.4 Å². The fraction of sp³-hybridized carbons (Fsp3) is 0.200. The first-order chi connectivity index (χ1) is 9.11. The van der Waals surface area contributed by atoms with Gasteiger partial charge in [-0.05, 0) is 36.8 Å². The molecule has 0 amide bonds. The highest BCUT2D eigenvalue weighted by molar-refractivity contribution is 6.33. The third-order valence-corrected chi connectivity index (χ3v) is 3.34. The SMILES string of the molecule is CCN(Cc1ccc(N)c(Cl)c1)c1ccccc1F. The van der Waals surface area contributed by atoms with Gasteiger partial charge in [0.2, 0.25) is 0 Å². The Morgan fingerprint density at radius 2 is 1.95 bits per heavy atom. The van der Waals surface area contributed by atoms with Gasteiger partial charge in [-0.3, -0.25) is 0 Å². The summed E-state index contributed by atoms with van der Waals surface area (Å²) in [6, 6.07) is 12.3. The van der Waals surface area contributed by atoms with Gasteiger partial charge in [0.25, 0.3) is 0 Å². The van der Waals surface area contributed by atoms with Crippen LogP contribution in [0.15, 0.2) is 42.5 Å². The van der Waals surface area contributed by atoms with Crippen LogP contribution in [-0.4, -0.2) is 6.54 Å². The minimum Gasteiger partial charge on any atom is -0.398 e. The van der Waals surface area contributed by atoms with Crippen molar-refractivity contribution in [2.75, 3.05) is 17.2 Å². The van der Waals surface area contributed by atoms with Crippen LogP contribution in [0, 0.1) is 5.82 Å². The average molecular weight is 279 g/mol. The fourth-order valence-electron chi connectivity index (χ4n) is 1.96. The van der Waals surface area contributed by atoms with Crippen molar-refractivity contribution >= 4 is 23.0 Å². The number of nitrogen functional groups attached to an aromatic ring is 1. The minimum atomic E-state index is -0.217. The molecular formula is C15H16ClFN2. The first-order valence-corrected chi connectivity index (χ1v) is 6.53. The molecule has 2 nitrogen and oxygen atoms in total. The number of anilines is 2. The summed E-state index contributed by atoms with van der Waals surface area (Å²) in [4.78, 5) is 1.96. The Morgan fingerprint density at radius 3 is 2.58 bits per heavy atom. The van der Waals surface area contributed by atoms with Crippen LogP contribution in [0.4, 0.5) is 15.8 Å². The van der Waals surface area contributed by atoms with Gasteiger partial charge in [-0.15, -0.1) is 0 Å². The van der Waals surface area contributed by atoms with E-state index in [2.05, 4.69) is 0 Å². The molecule has 0 heterocycles. The van der Waals surface area contributed by atoms with Crippen LogP contribution in [0.1, 0.15) is 12.5 Å². The molecule has 0 unspecified atom stereocenters. The molecule has 0 aliphatic carbocycles.